The highest BCUT2D eigenvalue weighted by Crippen LogP contribution is 2.22. The molecule has 1 N–H and O–H groups in total. The van der Waals surface area contributed by atoms with E-state index in [2.05, 4.69) is 15.0 Å². The first-order chi connectivity index (χ1) is 11.8. The van der Waals surface area contributed by atoms with Gasteiger partial charge in [-0.05, 0) is 39.0 Å². The van der Waals surface area contributed by atoms with Gasteiger partial charge in [0.05, 0.1) is 23.3 Å². The van der Waals surface area contributed by atoms with Crippen LogP contribution in [0.5, 0.6) is 0 Å². The van der Waals surface area contributed by atoms with Gasteiger partial charge in [0.25, 0.3) is 5.56 Å². The van der Waals surface area contributed by atoms with Gasteiger partial charge in [0.15, 0.2) is 5.16 Å². The quantitative estimate of drug-likeness (QED) is 0.630. The monoisotopic (exact) mass is 383 g/mol. The van der Waals surface area contributed by atoms with Crippen LogP contribution in [0, 0.1) is 0 Å². The number of ether oxygens (including phenoxy) is 1. The fraction of sp³-hybridized carbons (Fsp3) is 0.375. The van der Waals surface area contributed by atoms with Crippen LogP contribution in [0.15, 0.2) is 28.2 Å². The summed E-state index contributed by atoms with van der Waals surface area (Å²) in [5, 5.41) is 3.41. The normalized spacial score (nSPS) is 10.9. The van der Waals surface area contributed by atoms with E-state index in [0.29, 0.717) is 21.1 Å². The number of carbonyl (C=O) groups excluding carboxylic acids is 2. The molecule has 9 heteroatoms. The number of nitrogens with one attached hydrogen (secondary N) is 1. The minimum absolute atomic E-state index is 0.0793. The largest absolute Gasteiger partial charge is 0.450 e. The Morgan fingerprint density at radius 2 is 2.12 bits per heavy atom. The van der Waals surface area contributed by atoms with E-state index in [0.717, 1.165) is 11.8 Å². The summed E-state index contributed by atoms with van der Waals surface area (Å²) in [5.74, 6) is -0.608. The maximum absolute atomic E-state index is 12.7. The molecule has 1 aromatic heterocycles. The van der Waals surface area contributed by atoms with Crippen molar-refractivity contribution in [2.75, 3.05) is 12.4 Å². The summed E-state index contributed by atoms with van der Waals surface area (Å²) in [4.78, 5) is 40.2. The molecule has 0 unspecified atom stereocenters. The summed E-state index contributed by atoms with van der Waals surface area (Å²) in [6.07, 6.45) is -0.799. The zero-order valence-corrected chi connectivity index (χ0v) is 15.6. The number of benzene rings is 1. The molecule has 0 atom stereocenters. The number of nitrogens with zero attached hydrogens (tertiary/aromatic N) is 2. The molecule has 0 saturated carbocycles. The number of alkyl carbamates (subject to hydrolysis) is 1. The van der Waals surface area contributed by atoms with Crippen LogP contribution in [-0.4, -0.2) is 33.9 Å². The van der Waals surface area contributed by atoms with Gasteiger partial charge in [0.2, 0.25) is 5.91 Å². The first kappa shape index (κ1) is 19.3. The molecule has 0 aliphatic rings. The van der Waals surface area contributed by atoms with Gasteiger partial charge in [-0.3, -0.25) is 19.5 Å². The lowest BCUT2D eigenvalue weighted by Crippen LogP contribution is -2.33. The lowest BCUT2D eigenvalue weighted by molar-refractivity contribution is -0.117. The Kier molecular flexibility index (Phi) is 6.44. The summed E-state index contributed by atoms with van der Waals surface area (Å²) >= 11 is 7.04. The zero-order chi connectivity index (χ0) is 18.6. The Bertz CT molecular complexity index is 866. The number of amides is 2. The van der Waals surface area contributed by atoms with E-state index in [4.69, 9.17) is 11.6 Å². The van der Waals surface area contributed by atoms with Gasteiger partial charge in [0.1, 0.15) is 0 Å². The second-order valence-corrected chi connectivity index (χ2v) is 6.76. The van der Waals surface area contributed by atoms with Gasteiger partial charge in [-0.2, -0.15) is 0 Å². The maximum atomic E-state index is 12.7. The molecule has 2 rings (SSSR count). The fourth-order valence-corrected chi connectivity index (χ4v) is 3.25. The minimum atomic E-state index is -0.799. The fourth-order valence-electron chi connectivity index (χ4n) is 2.16. The number of carbonyl (C=O) groups is 2. The summed E-state index contributed by atoms with van der Waals surface area (Å²) in [7, 11) is 0. The third kappa shape index (κ3) is 4.73. The summed E-state index contributed by atoms with van der Waals surface area (Å²) in [5.41, 5.74) is 0.257. The Hall–Kier alpha value is -2.06. The lowest BCUT2D eigenvalue weighted by atomic mass is 10.2. The smallest absolute Gasteiger partial charge is 0.413 e. The van der Waals surface area contributed by atoms with Crippen LogP contribution in [0.4, 0.5) is 4.79 Å². The van der Waals surface area contributed by atoms with Gasteiger partial charge in [-0.25, -0.2) is 9.78 Å². The Morgan fingerprint density at radius 3 is 2.76 bits per heavy atom. The van der Waals surface area contributed by atoms with Crippen molar-refractivity contribution in [2.24, 2.45) is 0 Å². The Balaban J connectivity index is 2.30. The average molecular weight is 384 g/mol. The number of imide groups is 1. The number of fused-ring (bicyclic) bond motifs is 1. The minimum Gasteiger partial charge on any atom is -0.450 e. The molecule has 1 heterocycles. The van der Waals surface area contributed by atoms with Crippen LogP contribution < -0.4 is 10.9 Å². The zero-order valence-electron chi connectivity index (χ0n) is 14.0. The van der Waals surface area contributed by atoms with Gasteiger partial charge in [-0.15, -0.1) is 0 Å². The van der Waals surface area contributed by atoms with Crippen LogP contribution in [0.25, 0.3) is 10.9 Å². The lowest BCUT2D eigenvalue weighted by Gasteiger charge is -2.16. The van der Waals surface area contributed by atoms with Gasteiger partial charge in [-0.1, -0.05) is 23.4 Å². The van der Waals surface area contributed by atoms with Crippen molar-refractivity contribution in [3.05, 3.63) is 33.6 Å². The van der Waals surface area contributed by atoms with Crippen molar-refractivity contribution in [1.29, 1.82) is 0 Å². The van der Waals surface area contributed by atoms with Crippen molar-refractivity contribution in [1.82, 2.24) is 14.9 Å². The van der Waals surface area contributed by atoms with E-state index in [9.17, 15) is 14.4 Å². The van der Waals surface area contributed by atoms with Crippen molar-refractivity contribution < 1.29 is 14.3 Å². The molecule has 0 bridgehead atoms. The number of halogens is 1. The topological polar surface area (TPSA) is 90.3 Å². The molecule has 0 fully saturated rings. The highest BCUT2D eigenvalue weighted by atomic mass is 35.5. The molecule has 7 nitrogen and oxygen atoms in total. The van der Waals surface area contributed by atoms with E-state index in [1.165, 1.54) is 4.57 Å². The average Bonchev–Trinajstić information content (AvgIpc) is 2.52. The highest BCUT2D eigenvalue weighted by Gasteiger charge is 2.16. The van der Waals surface area contributed by atoms with E-state index >= 15 is 0 Å². The third-order valence-electron chi connectivity index (χ3n) is 3.20. The van der Waals surface area contributed by atoms with Crippen LogP contribution in [-0.2, 0) is 9.53 Å². The van der Waals surface area contributed by atoms with Crippen LogP contribution in [0.3, 0.4) is 0 Å². The van der Waals surface area contributed by atoms with Crippen molar-refractivity contribution in [3.63, 3.8) is 0 Å². The highest BCUT2D eigenvalue weighted by molar-refractivity contribution is 7.99. The number of thioether (sulfide) groups is 1. The second-order valence-electron chi connectivity index (χ2n) is 5.38. The van der Waals surface area contributed by atoms with Crippen LogP contribution in [0.1, 0.15) is 26.8 Å². The molecular weight excluding hydrogens is 366 g/mol. The van der Waals surface area contributed by atoms with Crippen LogP contribution >= 0.6 is 23.4 Å². The molecular formula is C16H18ClN3O4S. The summed E-state index contributed by atoms with van der Waals surface area (Å²) in [6.45, 7) is 5.53. The predicted octanol–water partition coefficient (Wildman–Crippen LogP) is 3.00. The Morgan fingerprint density at radius 1 is 1.40 bits per heavy atom. The van der Waals surface area contributed by atoms with E-state index in [1.54, 1.807) is 25.1 Å². The molecule has 134 valence electrons. The van der Waals surface area contributed by atoms with Crippen molar-refractivity contribution in [3.8, 4) is 0 Å². The second kappa shape index (κ2) is 8.35. The van der Waals surface area contributed by atoms with Gasteiger partial charge >= 0.3 is 6.09 Å². The Labute approximate surface area is 153 Å². The van der Waals surface area contributed by atoms with Gasteiger partial charge in [0, 0.05) is 11.1 Å². The molecule has 0 radical (unpaired) electrons. The molecule has 1 aromatic carbocycles. The first-order valence-electron chi connectivity index (χ1n) is 7.64. The number of rotatable bonds is 5. The number of aromatic nitrogens is 2. The molecule has 2 aromatic rings. The standard InChI is InChI=1S/C16H18ClN3O4S/c1-4-24-16(23)19-13(21)8-25-15-18-12-7-10(17)5-6-11(12)14(22)20(15)9(2)3/h5-7,9H,4,8H2,1-3H3,(H,19,21,23). The van der Waals surface area contributed by atoms with E-state index < -0.39 is 12.0 Å². The first-order valence-corrected chi connectivity index (χ1v) is 9.01. The third-order valence-corrected chi connectivity index (χ3v) is 4.38. The van der Waals surface area contributed by atoms with Crippen molar-refractivity contribution >= 4 is 46.3 Å². The van der Waals surface area contributed by atoms with Crippen LogP contribution in [0.2, 0.25) is 5.02 Å². The molecule has 0 aliphatic heterocycles. The molecule has 0 saturated heterocycles. The predicted molar refractivity (Wildman–Crippen MR) is 97.3 cm³/mol. The van der Waals surface area contributed by atoms with E-state index in [1.807, 2.05) is 13.8 Å². The van der Waals surface area contributed by atoms with Crippen molar-refractivity contribution in [2.45, 2.75) is 32.0 Å². The summed E-state index contributed by atoms with van der Waals surface area (Å²) in [6, 6.07) is 4.73. The van der Waals surface area contributed by atoms with Gasteiger partial charge < -0.3 is 4.74 Å². The SMILES string of the molecule is CCOC(=O)NC(=O)CSc1nc2cc(Cl)ccc2c(=O)n1C(C)C. The molecule has 2 amide bonds. The number of hydrogen-bond donors (Lipinski definition) is 1. The van der Waals surface area contributed by atoms with E-state index in [-0.39, 0.29) is 24.0 Å². The molecule has 25 heavy (non-hydrogen) atoms. The summed E-state index contributed by atoms with van der Waals surface area (Å²) < 4.78 is 6.16. The number of hydrogen-bond acceptors (Lipinski definition) is 6. The molecule has 0 aliphatic carbocycles. The maximum Gasteiger partial charge on any atom is 0.413 e. The molecule has 0 spiro atoms.